The Morgan fingerprint density at radius 2 is 0.812 bits per heavy atom. The van der Waals surface area contributed by atoms with Crippen LogP contribution in [-0.4, -0.2) is 13.2 Å². The molecular weight excluding hydrogens is 528 g/mol. The minimum absolute atomic E-state index is 0.788. The molecule has 0 spiro atoms. The summed E-state index contributed by atoms with van der Waals surface area (Å²) in [7, 11) is 0. The highest BCUT2D eigenvalue weighted by Crippen LogP contribution is 2.32. The van der Waals surface area contributed by atoms with E-state index in [0.717, 1.165) is 48.2 Å². The van der Waals surface area contributed by atoms with Gasteiger partial charge in [0.1, 0.15) is 11.5 Å². The van der Waals surface area contributed by atoms with Gasteiger partial charge in [-0.3, -0.25) is 0 Å². The van der Waals surface area contributed by atoms with Crippen molar-refractivity contribution in [3.63, 3.8) is 0 Å². The van der Waals surface area contributed by atoms with E-state index in [4.69, 9.17) is 9.47 Å². The number of halogens is 2. The lowest BCUT2D eigenvalue weighted by molar-refractivity contribution is 0.293. The number of hydrogen-bond donors (Lipinski definition) is 0. The molecule has 0 atom stereocenters. The van der Waals surface area contributed by atoms with E-state index in [2.05, 4.69) is 57.8 Å². The number of unbranched alkanes of at least 4 members (excludes halogenated alkanes) is 14. The summed E-state index contributed by atoms with van der Waals surface area (Å²) in [6.45, 7) is 6.15. The molecule has 4 heteroatoms. The fraction of sp³-hybridized carbons (Fsp3) is 0.786. The summed E-state index contributed by atoms with van der Waals surface area (Å²) >= 11 is 7.27. The van der Waals surface area contributed by atoms with Crippen molar-refractivity contribution >= 4 is 31.9 Å². The van der Waals surface area contributed by atoms with Gasteiger partial charge in [0.25, 0.3) is 0 Å². The summed E-state index contributed by atoms with van der Waals surface area (Å²) in [5, 5.41) is 1.58. The molecule has 186 valence electrons. The van der Waals surface area contributed by atoms with E-state index in [1.807, 2.05) is 0 Å². The van der Waals surface area contributed by atoms with E-state index >= 15 is 0 Å². The normalized spacial score (nSPS) is 11.1. The lowest BCUT2D eigenvalue weighted by Crippen LogP contribution is -2.04. The van der Waals surface area contributed by atoms with Gasteiger partial charge in [-0.25, -0.2) is 0 Å². The predicted octanol–water partition coefficient (Wildman–Crippen LogP) is 10.5. The first-order chi connectivity index (χ1) is 15.8. The van der Waals surface area contributed by atoms with Crippen molar-refractivity contribution in [2.24, 2.45) is 0 Å². The Balaban J connectivity index is 2.33. The topological polar surface area (TPSA) is 18.5 Å². The van der Waals surface area contributed by atoms with Crippen LogP contribution in [0.2, 0.25) is 0 Å². The zero-order valence-corrected chi connectivity index (χ0v) is 24.0. The molecule has 2 nitrogen and oxygen atoms in total. The first-order valence-electron chi connectivity index (χ1n) is 13.3. The molecule has 0 bridgehead atoms. The third kappa shape index (κ3) is 14.1. The van der Waals surface area contributed by atoms with E-state index in [-0.39, 0.29) is 0 Å². The van der Waals surface area contributed by atoms with Gasteiger partial charge < -0.3 is 9.47 Å². The summed E-state index contributed by atoms with van der Waals surface area (Å²) in [5.74, 6) is 2.00. The van der Waals surface area contributed by atoms with Gasteiger partial charge in [0.15, 0.2) is 0 Å². The second-order valence-corrected chi connectivity index (χ2v) is 10.1. The van der Waals surface area contributed by atoms with Crippen LogP contribution in [0.4, 0.5) is 0 Å². The van der Waals surface area contributed by atoms with E-state index in [9.17, 15) is 0 Å². The zero-order chi connectivity index (χ0) is 23.3. The van der Waals surface area contributed by atoms with Gasteiger partial charge in [-0.15, -0.1) is 0 Å². The van der Waals surface area contributed by atoms with Gasteiger partial charge in [0.05, 0.1) is 13.2 Å². The van der Waals surface area contributed by atoms with Crippen molar-refractivity contribution in [1.82, 2.24) is 0 Å². The van der Waals surface area contributed by atoms with Gasteiger partial charge in [0, 0.05) is 21.8 Å². The average molecular weight is 576 g/mol. The van der Waals surface area contributed by atoms with E-state index in [1.165, 1.54) is 101 Å². The largest absolute Gasteiger partial charge is 0.493 e. The minimum atomic E-state index is 0.788. The quantitative estimate of drug-likeness (QED) is 0.101. The molecule has 0 heterocycles. The van der Waals surface area contributed by atoms with Gasteiger partial charge in [-0.1, -0.05) is 136 Å². The second kappa shape index (κ2) is 21.3. The molecule has 0 aliphatic carbocycles. The Morgan fingerprint density at radius 3 is 1.12 bits per heavy atom. The molecule has 1 rings (SSSR count). The fourth-order valence-electron chi connectivity index (χ4n) is 3.96. The summed E-state index contributed by atoms with van der Waals surface area (Å²) < 4.78 is 12.3. The number of hydrogen-bond acceptors (Lipinski definition) is 2. The molecule has 0 saturated carbocycles. The second-order valence-electron chi connectivity index (χ2n) is 8.98. The van der Waals surface area contributed by atoms with Gasteiger partial charge in [-0.2, -0.15) is 0 Å². The molecule has 0 aromatic heterocycles. The van der Waals surface area contributed by atoms with Crippen molar-refractivity contribution in [3.8, 4) is 11.5 Å². The summed E-state index contributed by atoms with van der Waals surface area (Å²) in [4.78, 5) is 0. The monoisotopic (exact) mass is 574 g/mol. The molecule has 0 fully saturated rings. The molecule has 0 saturated heterocycles. The number of alkyl halides is 2. The first-order valence-corrected chi connectivity index (χ1v) is 15.5. The highest BCUT2D eigenvalue weighted by molar-refractivity contribution is 9.08. The minimum Gasteiger partial charge on any atom is -0.493 e. The summed E-state index contributed by atoms with van der Waals surface area (Å²) in [6.07, 6.45) is 21.2. The average Bonchev–Trinajstić information content (AvgIpc) is 2.82. The van der Waals surface area contributed by atoms with Crippen LogP contribution < -0.4 is 9.47 Å². The Kier molecular flexibility index (Phi) is 19.9. The Labute approximate surface area is 215 Å². The lowest BCUT2D eigenvalue weighted by Gasteiger charge is -2.16. The molecule has 1 aromatic rings. The molecule has 1 aromatic carbocycles. The maximum absolute atomic E-state index is 6.16. The highest BCUT2D eigenvalue weighted by atomic mass is 79.9. The van der Waals surface area contributed by atoms with E-state index < -0.39 is 0 Å². The number of benzene rings is 1. The van der Waals surface area contributed by atoms with Crippen molar-refractivity contribution in [3.05, 3.63) is 23.3 Å². The summed E-state index contributed by atoms with van der Waals surface area (Å²) in [6, 6.07) is 4.33. The van der Waals surface area contributed by atoms with Crippen molar-refractivity contribution < 1.29 is 9.47 Å². The van der Waals surface area contributed by atoms with Crippen LogP contribution in [0.25, 0.3) is 0 Å². The highest BCUT2D eigenvalue weighted by Gasteiger charge is 2.11. The molecule has 0 unspecified atom stereocenters. The Bertz CT molecular complexity index is 513. The molecule has 0 amide bonds. The van der Waals surface area contributed by atoms with Gasteiger partial charge >= 0.3 is 0 Å². The van der Waals surface area contributed by atoms with Crippen molar-refractivity contribution in [2.75, 3.05) is 13.2 Å². The fourth-order valence-corrected chi connectivity index (χ4v) is 4.83. The van der Waals surface area contributed by atoms with Crippen LogP contribution in [0, 0.1) is 0 Å². The maximum atomic E-state index is 6.16. The molecule has 0 N–H and O–H groups in total. The third-order valence-corrected chi connectivity index (χ3v) is 7.25. The molecule has 0 aliphatic heterocycles. The molecular formula is C28H48Br2O2. The zero-order valence-electron chi connectivity index (χ0n) is 20.9. The Hall–Kier alpha value is -0.220. The van der Waals surface area contributed by atoms with Crippen LogP contribution in [-0.2, 0) is 10.7 Å². The number of ether oxygens (including phenoxy) is 2. The van der Waals surface area contributed by atoms with Crippen LogP contribution in [0.1, 0.15) is 128 Å². The standard InChI is InChI=1S/C28H48Br2O2/c1-3-5-7-9-11-13-15-17-19-31-27-21-26(24-30)28(22-25(27)23-29)32-20-18-16-14-12-10-8-6-4-2/h21-22H,3-20,23-24H2,1-2H3. The van der Waals surface area contributed by atoms with Crippen LogP contribution in [0.15, 0.2) is 12.1 Å². The summed E-state index contributed by atoms with van der Waals surface area (Å²) in [5.41, 5.74) is 2.36. The number of rotatable bonds is 22. The van der Waals surface area contributed by atoms with Crippen LogP contribution in [0.5, 0.6) is 11.5 Å². The smallest absolute Gasteiger partial charge is 0.123 e. The van der Waals surface area contributed by atoms with Gasteiger partial charge in [-0.05, 0) is 25.0 Å². The lowest BCUT2D eigenvalue weighted by atomic mass is 10.1. The van der Waals surface area contributed by atoms with Gasteiger partial charge in [0.2, 0.25) is 0 Å². The molecule has 32 heavy (non-hydrogen) atoms. The van der Waals surface area contributed by atoms with Crippen molar-refractivity contribution in [2.45, 2.75) is 127 Å². The van der Waals surface area contributed by atoms with E-state index in [1.54, 1.807) is 0 Å². The van der Waals surface area contributed by atoms with E-state index in [0.29, 0.717) is 0 Å². The Morgan fingerprint density at radius 1 is 0.500 bits per heavy atom. The first kappa shape index (κ1) is 29.8. The van der Waals surface area contributed by atoms with Crippen molar-refractivity contribution in [1.29, 1.82) is 0 Å². The van der Waals surface area contributed by atoms with Crippen LogP contribution >= 0.6 is 31.9 Å². The SMILES string of the molecule is CCCCCCCCCCOc1cc(CBr)c(OCCCCCCCCCC)cc1CBr. The molecule has 0 aliphatic rings. The maximum Gasteiger partial charge on any atom is 0.123 e. The third-order valence-electron chi connectivity index (χ3n) is 6.04. The predicted molar refractivity (Wildman–Crippen MR) is 148 cm³/mol. The molecule has 0 radical (unpaired) electrons. The van der Waals surface area contributed by atoms with Crippen LogP contribution in [0.3, 0.4) is 0 Å².